The highest BCUT2D eigenvalue weighted by atomic mass is 79.9. The maximum atomic E-state index is 12.7. The van der Waals surface area contributed by atoms with E-state index in [1.165, 1.54) is 6.42 Å². The van der Waals surface area contributed by atoms with Gasteiger partial charge in [0.15, 0.2) is 0 Å². The van der Waals surface area contributed by atoms with E-state index < -0.39 is 0 Å². The molecule has 1 aromatic carbocycles. The molecular formula is C17H21BrN2O2. The Kier molecular flexibility index (Phi) is 4.64. The van der Waals surface area contributed by atoms with Crippen LogP contribution >= 0.6 is 15.9 Å². The summed E-state index contributed by atoms with van der Waals surface area (Å²) >= 11 is 3.39. The van der Waals surface area contributed by atoms with Gasteiger partial charge in [-0.3, -0.25) is 14.5 Å². The van der Waals surface area contributed by atoms with Gasteiger partial charge in [-0.05, 0) is 50.2 Å². The Balaban J connectivity index is 1.76. The first kappa shape index (κ1) is 15.7. The third kappa shape index (κ3) is 3.10. The lowest BCUT2D eigenvalue weighted by atomic mass is 9.85. The number of rotatable bonds is 3. The SMILES string of the molecule is CN(C(=O)c1ccc(Br)cc1)C1CCC(=O)CC1N1CCC1. The molecule has 1 aliphatic heterocycles. The average Bonchev–Trinajstić information content (AvgIpc) is 2.45. The number of carbonyl (C=O) groups is 2. The number of hydrogen-bond acceptors (Lipinski definition) is 3. The lowest BCUT2D eigenvalue weighted by Gasteiger charge is -2.47. The smallest absolute Gasteiger partial charge is 0.253 e. The molecule has 0 aromatic heterocycles. The van der Waals surface area contributed by atoms with E-state index in [4.69, 9.17) is 0 Å². The van der Waals surface area contributed by atoms with Crippen molar-refractivity contribution in [3.05, 3.63) is 34.3 Å². The molecule has 1 amide bonds. The molecule has 1 saturated carbocycles. The second-order valence-corrected chi connectivity index (χ2v) is 7.14. The summed E-state index contributed by atoms with van der Waals surface area (Å²) in [6.45, 7) is 2.10. The molecule has 2 fully saturated rings. The van der Waals surface area contributed by atoms with Crippen molar-refractivity contribution in [3.8, 4) is 0 Å². The van der Waals surface area contributed by atoms with E-state index in [0.717, 1.165) is 24.0 Å². The first-order valence-corrected chi connectivity index (χ1v) is 8.64. The van der Waals surface area contributed by atoms with Crippen molar-refractivity contribution in [1.29, 1.82) is 0 Å². The number of likely N-dealkylation sites (tertiary alicyclic amines) is 1. The minimum absolute atomic E-state index is 0.0392. The largest absolute Gasteiger partial charge is 0.337 e. The molecule has 22 heavy (non-hydrogen) atoms. The zero-order valence-electron chi connectivity index (χ0n) is 12.8. The molecule has 118 valence electrons. The summed E-state index contributed by atoms with van der Waals surface area (Å²) < 4.78 is 0.966. The zero-order valence-corrected chi connectivity index (χ0v) is 14.4. The molecule has 0 spiro atoms. The lowest BCUT2D eigenvalue weighted by Crippen LogP contribution is -2.58. The van der Waals surface area contributed by atoms with Crippen molar-refractivity contribution in [2.24, 2.45) is 0 Å². The van der Waals surface area contributed by atoms with E-state index >= 15 is 0 Å². The Labute approximate surface area is 139 Å². The number of hydrogen-bond donors (Lipinski definition) is 0. The fourth-order valence-electron chi connectivity index (χ4n) is 3.42. The molecule has 2 atom stereocenters. The van der Waals surface area contributed by atoms with Crippen molar-refractivity contribution in [2.45, 2.75) is 37.8 Å². The Morgan fingerprint density at radius 1 is 1.27 bits per heavy atom. The van der Waals surface area contributed by atoms with Gasteiger partial charge in [0.1, 0.15) is 5.78 Å². The van der Waals surface area contributed by atoms with E-state index in [0.29, 0.717) is 24.2 Å². The van der Waals surface area contributed by atoms with Crippen molar-refractivity contribution in [2.75, 3.05) is 20.1 Å². The van der Waals surface area contributed by atoms with Gasteiger partial charge in [0.25, 0.3) is 5.91 Å². The van der Waals surface area contributed by atoms with Gasteiger partial charge in [0, 0.05) is 42.0 Å². The number of likely N-dealkylation sites (N-methyl/N-ethyl adjacent to an activating group) is 1. The third-order valence-electron chi connectivity index (χ3n) is 4.87. The highest BCUT2D eigenvalue weighted by Gasteiger charge is 2.39. The molecule has 1 aromatic rings. The van der Waals surface area contributed by atoms with Crippen LogP contribution in [0.2, 0.25) is 0 Å². The minimum Gasteiger partial charge on any atom is -0.337 e. The van der Waals surface area contributed by atoms with Gasteiger partial charge >= 0.3 is 0 Å². The number of Topliss-reactive ketones (excluding diaryl/α,β-unsaturated/α-hetero) is 1. The summed E-state index contributed by atoms with van der Waals surface area (Å²) in [4.78, 5) is 28.7. The molecule has 4 nitrogen and oxygen atoms in total. The Morgan fingerprint density at radius 2 is 1.95 bits per heavy atom. The second-order valence-electron chi connectivity index (χ2n) is 6.23. The Hall–Kier alpha value is -1.20. The van der Waals surface area contributed by atoms with Crippen LogP contribution in [-0.2, 0) is 4.79 Å². The van der Waals surface area contributed by atoms with Crippen molar-refractivity contribution >= 4 is 27.6 Å². The van der Waals surface area contributed by atoms with Crippen LogP contribution in [0.25, 0.3) is 0 Å². The number of benzene rings is 1. The molecule has 2 aliphatic rings. The summed E-state index contributed by atoms with van der Waals surface area (Å²) in [6, 6.07) is 7.79. The van der Waals surface area contributed by atoms with Gasteiger partial charge in [-0.1, -0.05) is 15.9 Å². The highest BCUT2D eigenvalue weighted by molar-refractivity contribution is 9.10. The first-order chi connectivity index (χ1) is 10.6. The molecule has 2 unspecified atom stereocenters. The summed E-state index contributed by atoms with van der Waals surface area (Å²) in [5.74, 6) is 0.370. The minimum atomic E-state index is 0.0392. The number of amides is 1. The predicted octanol–water partition coefficient (Wildman–Crippen LogP) is 2.72. The topological polar surface area (TPSA) is 40.6 Å². The summed E-state index contributed by atoms with van der Waals surface area (Å²) in [5.41, 5.74) is 0.699. The highest BCUT2D eigenvalue weighted by Crippen LogP contribution is 2.28. The standard InChI is InChI=1S/C17H21BrN2O2/c1-19(17(22)12-3-5-13(18)6-4-12)15-8-7-14(21)11-16(15)20-9-2-10-20/h3-6,15-16H,2,7-11H2,1H3. The fraction of sp³-hybridized carbons (Fsp3) is 0.529. The molecular weight excluding hydrogens is 344 g/mol. The number of halogens is 1. The molecule has 5 heteroatoms. The molecule has 0 bridgehead atoms. The van der Waals surface area contributed by atoms with Crippen LogP contribution in [-0.4, -0.2) is 53.7 Å². The average molecular weight is 365 g/mol. The Bertz CT molecular complexity index is 569. The van der Waals surface area contributed by atoms with Crippen LogP contribution in [0.3, 0.4) is 0 Å². The van der Waals surface area contributed by atoms with E-state index in [1.54, 1.807) is 0 Å². The maximum Gasteiger partial charge on any atom is 0.253 e. The molecule has 0 radical (unpaired) electrons. The van der Waals surface area contributed by atoms with Crippen LogP contribution in [0.4, 0.5) is 0 Å². The van der Waals surface area contributed by atoms with Crippen molar-refractivity contribution in [3.63, 3.8) is 0 Å². The van der Waals surface area contributed by atoms with Crippen LogP contribution in [0.5, 0.6) is 0 Å². The monoisotopic (exact) mass is 364 g/mol. The summed E-state index contributed by atoms with van der Waals surface area (Å²) in [5, 5.41) is 0. The summed E-state index contributed by atoms with van der Waals surface area (Å²) in [7, 11) is 1.87. The van der Waals surface area contributed by atoms with Crippen LogP contribution in [0.15, 0.2) is 28.7 Å². The summed E-state index contributed by atoms with van der Waals surface area (Å²) in [6.07, 6.45) is 3.15. The van der Waals surface area contributed by atoms with Gasteiger partial charge < -0.3 is 4.90 Å². The van der Waals surface area contributed by atoms with Crippen molar-refractivity contribution in [1.82, 2.24) is 9.80 Å². The van der Waals surface area contributed by atoms with Crippen LogP contribution in [0, 0.1) is 0 Å². The second kappa shape index (κ2) is 6.50. The molecule has 0 N–H and O–H groups in total. The number of nitrogens with zero attached hydrogens (tertiary/aromatic N) is 2. The van der Waals surface area contributed by atoms with Gasteiger partial charge in [0.05, 0.1) is 0 Å². The van der Waals surface area contributed by atoms with E-state index in [-0.39, 0.29) is 18.0 Å². The molecule has 3 rings (SSSR count). The van der Waals surface area contributed by atoms with Gasteiger partial charge in [-0.2, -0.15) is 0 Å². The van der Waals surface area contributed by atoms with Crippen LogP contribution in [0.1, 0.15) is 36.0 Å². The fourth-order valence-corrected chi connectivity index (χ4v) is 3.68. The molecule has 1 aliphatic carbocycles. The van der Waals surface area contributed by atoms with Gasteiger partial charge in [0.2, 0.25) is 0 Å². The lowest BCUT2D eigenvalue weighted by molar-refractivity contribution is -0.124. The Morgan fingerprint density at radius 3 is 2.55 bits per heavy atom. The van der Waals surface area contributed by atoms with Crippen LogP contribution < -0.4 is 0 Å². The normalized spacial score (nSPS) is 25.6. The van der Waals surface area contributed by atoms with Gasteiger partial charge in [-0.15, -0.1) is 0 Å². The maximum absolute atomic E-state index is 12.7. The predicted molar refractivity (Wildman–Crippen MR) is 88.9 cm³/mol. The van der Waals surface area contributed by atoms with E-state index in [1.807, 2.05) is 36.2 Å². The van der Waals surface area contributed by atoms with Gasteiger partial charge in [-0.25, -0.2) is 0 Å². The third-order valence-corrected chi connectivity index (χ3v) is 5.40. The quantitative estimate of drug-likeness (QED) is 0.827. The van der Waals surface area contributed by atoms with E-state index in [2.05, 4.69) is 20.8 Å². The first-order valence-electron chi connectivity index (χ1n) is 7.85. The zero-order chi connectivity index (χ0) is 15.7. The molecule has 1 heterocycles. The van der Waals surface area contributed by atoms with Crippen molar-refractivity contribution < 1.29 is 9.59 Å². The van der Waals surface area contributed by atoms with E-state index in [9.17, 15) is 9.59 Å². The number of carbonyl (C=O) groups excluding carboxylic acids is 2. The number of ketones is 1. The molecule has 1 saturated heterocycles.